The van der Waals surface area contributed by atoms with Crippen molar-refractivity contribution in [2.45, 2.75) is 43.9 Å². The van der Waals surface area contributed by atoms with Gasteiger partial charge in [0.05, 0.1) is 12.2 Å². The molecule has 11 heavy (non-hydrogen) atoms. The van der Waals surface area contributed by atoms with Gasteiger partial charge in [0.2, 0.25) is 0 Å². The van der Waals surface area contributed by atoms with Crippen LogP contribution in [0.25, 0.3) is 0 Å². The molecule has 1 spiro atoms. The van der Waals surface area contributed by atoms with E-state index in [9.17, 15) is 4.39 Å². The largest absolute Gasteiger partial charge is 0.375 e. The zero-order valence-electron chi connectivity index (χ0n) is 6.51. The summed E-state index contributed by atoms with van der Waals surface area (Å²) < 4.78 is 18.4. The van der Waals surface area contributed by atoms with E-state index in [0.29, 0.717) is 19.4 Å². The molecule has 66 valence electrons. The quantitative estimate of drug-likeness (QED) is 0.557. The third-order valence-electron chi connectivity index (χ3n) is 2.70. The fourth-order valence-electron chi connectivity index (χ4n) is 1.89. The van der Waals surface area contributed by atoms with Gasteiger partial charge in [-0.3, -0.25) is 0 Å². The number of halogens is 2. The molecule has 1 aliphatic carbocycles. The van der Waals surface area contributed by atoms with Gasteiger partial charge in [-0.25, -0.2) is 4.39 Å². The maximum Gasteiger partial charge on any atom is 0.105 e. The first kappa shape index (κ1) is 9.27. The number of rotatable bonds is 0. The minimum absolute atomic E-state index is 0. The molecule has 0 aromatic heterocycles. The predicted octanol–water partition coefficient (Wildman–Crippen LogP) is 2.48. The van der Waals surface area contributed by atoms with Gasteiger partial charge in [0.25, 0.3) is 0 Å². The second-order valence-electron chi connectivity index (χ2n) is 3.48. The molecule has 1 aliphatic heterocycles. The van der Waals surface area contributed by atoms with Gasteiger partial charge in [-0.05, 0) is 19.3 Å². The van der Waals surface area contributed by atoms with Gasteiger partial charge >= 0.3 is 0 Å². The van der Waals surface area contributed by atoms with Crippen LogP contribution in [-0.4, -0.2) is 18.4 Å². The Morgan fingerprint density at radius 1 is 1.36 bits per heavy atom. The molecule has 2 aliphatic rings. The van der Waals surface area contributed by atoms with E-state index in [1.807, 2.05) is 0 Å². The lowest BCUT2D eigenvalue weighted by Crippen LogP contribution is -2.46. The average Bonchev–Trinajstić information content (AvgIpc) is 1.85. The predicted molar refractivity (Wildman–Crippen MR) is 43.9 cm³/mol. The van der Waals surface area contributed by atoms with Gasteiger partial charge in [0.15, 0.2) is 0 Å². The Hall–Kier alpha value is 0.180. The summed E-state index contributed by atoms with van der Waals surface area (Å²) in [5.41, 5.74) is -0.00231. The second-order valence-corrected chi connectivity index (χ2v) is 3.48. The third kappa shape index (κ3) is 1.67. The first-order valence-corrected chi connectivity index (χ1v) is 4.09. The van der Waals surface area contributed by atoms with Crippen LogP contribution in [0, 0.1) is 0 Å². The smallest absolute Gasteiger partial charge is 0.105 e. The van der Waals surface area contributed by atoms with Crippen LogP contribution in [0.3, 0.4) is 0 Å². The molecular formula is C8H14ClFO. The SMILES string of the molecule is Cl.FC1CCOC2(CCC2)C1. The first-order chi connectivity index (χ1) is 4.81. The number of hydrogen-bond donors (Lipinski definition) is 0. The lowest BCUT2D eigenvalue weighted by Gasteiger charge is -2.45. The van der Waals surface area contributed by atoms with Gasteiger partial charge in [0.1, 0.15) is 6.17 Å². The van der Waals surface area contributed by atoms with Crippen molar-refractivity contribution in [2.75, 3.05) is 6.61 Å². The van der Waals surface area contributed by atoms with Gasteiger partial charge in [-0.2, -0.15) is 0 Å². The highest BCUT2D eigenvalue weighted by atomic mass is 35.5. The molecule has 1 nitrogen and oxygen atoms in total. The molecule has 1 atom stereocenters. The molecule has 1 saturated carbocycles. The van der Waals surface area contributed by atoms with E-state index >= 15 is 0 Å². The average molecular weight is 181 g/mol. The Morgan fingerprint density at radius 2 is 2.09 bits per heavy atom. The molecule has 3 heteroatoms. The van der Waals surface area contributed by atoms with Crippen molar-refractivity contribution < 1.29 is 9.13 Å². The Kier molecular flexibility index (Phi) is 2.76. The molecule has 0 aromatic rings. The molecule has 2 rings (SSSR count). The van der Waals surface area contributed by atoms with Crippen molar-refractivity contribution in [3.63, 3.8) is 0 Å². The fraction of sp³-hybridized carbons (Fsp3) is 1.00. The highest BCUT2D eigenvalue weighted by molar-refractivity contribution is 5.85. The monoisotopic (exact) mass is 180 g/mol. The van der Waals surface area contributed by atoms with E-state index < -0.39 is 6.17 Å². The van der Waals surface area contributed by atoms with Crippen molar-refractivity contribution in [2.24, 2.45) is 0 Å². The zero-order chi connectivity index (χ0) is 7.03. The van der Waals surface area contributed by atoms with Crippen LogP contribution >= 0.6 is 12.4 Å². The van der Waals surface area contributed by atoms with Crippen molar-refractivity contribution >= 4 is 12.4 Å². The molecule has 0 bridgehead atoms. The maximum atomic E-state index is 12.8. The lowest BCUT2D eigenvalue weighted by molar-refractivity contribution is -0.146. The molecule has 1 saturated heterocycles. The summed E-state index contributed by atoms with van der Waals surface area (Å²) in [7, 11) is 0. The van der Waals surface area contributed by atoms with Gasteiger partial charge in [-0.15, -0.1) is 12.4 Å². The topological polar surface area (TPSA) is 9.23 Å². The highest BCUT2D eigenvalue weighted by Gasteiger charge is 2.42. The van der Waals surface area contributed by atoms with Gasteiger partial charge in [0, 0.05) is 12.8 Å². The normalized spacial score (nSPS) is 34.1. The van der Waals surface area contributed by atoms with Crippen LogP contribution < -0.4 is 0 Å². The van der Waals surface area contributed by atoms with Crippen LogP contribution in [0.2, 0.25) is 0 Å². The van der Waals surface area contributed by atoms with E-state index in [0.717, 1.165) is 12.8 Å². The van der Waals surface area contributed by atoms with E-state index in [1.54, 1.807) is 0 Å². The zero-order valence-corrected chi connectivity index (χ0v) is 7.33. The summed E-state index contributed by atoms with van der Waals surface area (Å²) in [5.74, 6) is 0. The van der Waals surface area contributed by atoms with E-state index in [4.69, 9.17) is 4.74 Å². The molecule has 2 fully saturated rings. The fourth-order valence-corrected chi connectivity index (χ4v) is 1.89. The van der Waals surface area contributed by atoms with E-state index in [2.05, 4.69) is 0 Å². The Bertz CT molecular complexity index is 136. The highest BCUT2D eigenvalue weighted by Crippen LogP contribution is 2.42. The molecule has 1 unspecified atom stereocenters. The summed E-state index contributed by atoms with van der Waals surface area (Å²) in [4.78, 5) is 0. The van der Waals surface area contributed by atoms with Crippen LogP contribution in [0.4, 0.5) is 4.39 Å². The Morgan fingerprint density at radius 3 is 2.45 bits per heavy atom. The van der Waals surface area contributed by atoms with Crippen LogP contribution in [-0.2, 0) is 4.74 Å². The molecular weight excluding hydrogens is 167 g/mol. The number of alkyl halides is 1. The minimum Gasteiger partial charge on any atom is -0.375 e. The molecule has 1 heterocycles. The summed E-state index contributed by atoms with van der Waals surface area (Å²) in [6.07, 6.45) is 4.09. The van der Waals surface area contributed by atoms with Crippen LogP contribution in [0.15, 0.2) is 0 Å². The van der Waals surface area contributed by atoms with Crippen LogP contribution in [0.1, 0.15) is 32.1 Å². The summed E-state index contributed by atoms with van der Waals surface area (Å²) in [6, 6.07) is 0. The Labute approximate surface area is 72.7 Å². The van der Waals surface area contributed by atoms with Gasteiger partial charge in [-0.1, -0.05) is 0 Å². The van der Waals surface area contributed by atoms with E-state index in [1.165, 1.54) is 6.42 Å². The molecule has 0 radical (unpaired) electrons. The lowest BCUT2D eigenvalue weighted by atomic mass is 9.75. The number of ether oxygens (including phenoxy) is 1. The van der Waals surface area contributed by atoms with Crippen LogP contribution in [0.5, 0.6) is 0 Å². The van der Waals surface area contributed by atoms with Crippen molar-refractivity contribution in [3.05, 3.63) is 0 Å². The summed E-state index contributed by atoms with van der Waals surface area (Å²) >= 11 is 0. The van der Waals surface area contributed by atoms with E-state index in [-0.39, 0.29) is 18.0 Å². The summed E-state index contributed by atoms with van der Waals surface area (Å²) in [6.45, 7) is 0.640. The molecule has 0 amide bonds. The van der Waals surface area contributed by atoms with Crippen molar-refractivity contribution in [1.82, 2.24) is 0 Å². The van der Waals surface area contributed by atoms with Crippen molar-refractivity contribution in [1.29, 1.82) is 0 Å². The first-order valence-electron chi connectivity index (χ1n) is 4.09. The molecule has 0 aromatic carbocycles. The standard InChI is InChI=1S/C8H13FO.ClH/c9-7-2-5-10-8(6-7)3-1-4-8;/h7H,1-6H2;1H. The summed E-state index contributed by atoms with van der Waals surface area (Å²) in [5, 5.41) is 0. The Balaban J connectivity index is 0.000000605. The van der Waals surface area contributed by atoms with Crippen molar-refractivity contribution in [3.8, 4) is 0 Å². The number of hydrogen-bond acceptors (Lipinski definition) is 1. The third-order valence-corrected chi connectivity index (χ3v) is 2.70. The molecule has 0 N–H and O–H groups in total. The maximum absolute atomic E-state index is 12.8. The minimum atomic E-state index is -0.589. The second kappa shape index (κ2) is 3.28. The van der Waals surface area contributed by atoms with Gasteiger partial charge < -0.3 is 4.74 Å².